The van der Waals surface area contributed by atoms with Crippen LogP contribution in [0, 0.1) is 0 Å². The highest BCUT2D eigenvalue weighted by molar-refractivity contribution is 6.33. The zero-order valence-corrected chi connectivity index (χ0v) is 19.8. The largest absolute Gasteiger partial charge is 0.390 e. The monoisotopic (exact) mass is 505 g/mol. The van der Waals surface area contributed by atoms with Gasteiger partial charge >= 0.3 is 0 Å². The normalized spacial score (nSPS) is 18.2. The number of rotatable bonds is 6. The molecule has 4 heterocycles. The van der Waals surface area contributed by atoms with Gasteiger partial charge in [-0.05, 0) is 24.8 Å². The number of hydrogen-bond donors (Lipinski definition) is 1. The van der Waals surface area contributed by atoms with Gasteiger partial charge in [0.15, 0.2) is 6.23 Å². The molecule has 0 amide bonds. The molecule has 186 valence electrons. The fourth-order valence-corrected chi connectivity index (χ4v) is 5.11. The third-order valence-corrected chi connectivity index (χ3v) is 7.03. The van der Waals surface area contributed by atoms with Crippen LogP contribution in [0.2, 0.25) is 5.02 Å². The van der Waals surface area contributed by atoms with Crippen molar-refractivity contribution < 1.29 is 18.6 Å². The predicted molar refractivity (Wildman–Crippen MR) is 126 cm³/mol. The maximum absolute atomic E-state index is 13.5. The summed E-state index contributed by atoms with van der Waals surface area (Å²) in [5.74, 6) is 0. The zero-order valence-electron chi connectivity index (χ0n) is 19.0. The molecule has 1 unspecified atom stereocenters. The molecule has 8 nitrogen and oxygen atoms in total. The summed E-state index contributed by atoms with van der Waals surface area (Å²) in [7, 11) is 0. The van der Waals surface area contributed by atoms with Crippen molar-refractivity contribution in [3.8, 4) is 0 Å². The van der Waals surface area contributed by atoms with Crippen LogP contribution in [0.15, 0.2) is 35.3 Å². The molecule has 3 aromatic rings. The molecule has 1 fully saturated rings. The van der Waals surface area contributed by atoms with Crippen molar-refractivity contribution in [3.63, 3.8) is 0 Å². The molecule has 0 spiro atoms. The van der Waals surface area contributed by atoms with E-state index in [9.17, 15) is 18.7 Å². The van der Waals surface area contributed by atoms with Gasteiger partial charge in [-0.15, -0.1) is 0 Å². The fourth-order valence-electron chi connectivity index (χ4n) is 4.86. The van der Waals surface area contributed by atoms with E-state index < -0.39 is 18.2 Å². The lowest BCUT2D eigenvalue weighted by Gasteiger charge is -2.31. The molecule has 1 atom stereocenters. The number of aliphatic hydroxyl groups is 1. The summed E-state index contributed by atoms with van der Waals surface area (Å²) in [5, 5.41) is 18.9. The average molecular weight is 506 g/mol. The van der Waals surface area contributed by atoms with E-state index in [1.54, 1.807) is 29.1 Å². The third-order valence-electron chi connectivity index (χ3n) is 6.67. The van der Waals surface area contributed by atoms with Crippen LogP contribution in [-0.2, 0) is 30.9 Å². The van der Waals surface area contributed by atoms with Crippen molar-refractivity contribution in [2.24, 2.45) is 0 Å². The van der Waals surface area contributed by atoms with Crippen LogP contribution in [0.5, 0.6) is 0 Å². The van der Waals surface area contributed by atoms with E-state index in [-0.39, 0.29) is 23.7 Å². The molecule has 0 aliphatic carbocycles. The molecule has 11 heteroatoms. The van der Waals surface area contributed by atoms with Gasteiger partial charge in [0.05, 0.1) is 30.7 Å². The van der Waals surface area contributed by atoms with Crippen LogP contribution in [0.25, 0.3) is 0 Å². The van der Waals surface area contributed by atoms with Crippen molar-refractivity contribution in [3.05, 3.63) is 73.9 Å². The first-order valence-electron chi connectivity index (χ1n) is 11.7. The van der Waals surface area contributed by atoms with Gasteiger partial charge in [0.1, 0.15) is 5.02 Å². The van der Waals surface area contributed by atoms with Crippen LogP contribution in [-0.4, -0.2) is 37.8 Å². The van der Waals surface area contributed by atoms with E-state index in [0.29, 0.717) is 49.5 Å². The Hall–Kier alpha value is -2.82. The summed E-state index contributed by atoms with van der Waals surface area (Å²) in [5.41, 5.74) is 2.73. The molecule has 35 heavy (non-hydrogen) atoms. The molecular weight excluding hydrogens is 480 g/mol. The van der Waals surface area contributed by atoms with Gasteiger partial charge in [-0.1, -0.05) is 35.9 Å². The predicted octanol–water partition coefficient (Wildman–Crippen LogP) is 3.83. The van der Waals surface area contributed by atoms with Crippen LogP contribution < -0.4 is 10.5 Å². The Labute approximate surface area is 205 Å². The smallest absolute Gasteiger partial charge is 0.290 e. The van der Waals surface area contributed by atoms with Crippen LogP contribution in [0.4, 0.5) is 14.5 Å². The highest BCUT2D eigenvalue weighted by atomic mass is 35.5. The lowest BCUT2D eigenvalue weighted by Crippen LogP contribution is -2.36. The van der Waals surface area contributed by atoms with Crippen molar-refractivity contribution in [1.29, 1.82) is 0 Å². The Balaban J connectivity index is 1.42. The van der Waals surface area contributed by atoms with E-state index in [2.05, 4.69) is 10.2 Å². The highest BCUT2D eigenvalue weighted by Gasteiger charge is 2.28. The number of anilines is 1. The number of aliphatic hydroxyl groups excluding tert-OH is 1. The number of halogens is 3. The van der Waals surface area contributed by atoms with Crippen molar-refractivity contribution in [1.82, 2.24) is 19.6 Å². The fraction of sp³-hybridized carbons (Fsp3) is 0.458. The minimum atomic E-state index is -2.58. The van der Waals surface area contributed by atoms with Gasteiger partial charge in [-0.25, -0.2) is 8.78 Å². The number of aromatic nitrogens is 4. The lowest BCUT2D eigenvalue weighted by molar-refractivity contribution is -0.0424. The molecule has 1 aromatic carbocycles. The quantitative estimate of drug-likeness (QED) is 0.548. The number of alkyl halides is 2. The first-order valence-corrected chi connectivity index (χ1v) is 12.0. The molecule has 1 N–H and O–H groups in total. The van der Waals surface area contributed by atoms with Gasteiger partial charge in [0.2, 0.25) is 0 Å². The molecule has 5 rings (SSSR count). The van der Waals surface area contributed by atoms with Crippen LogP contribution >= 0.6 is 11.6 Å². The van der Waals surface area contributed by atoms with E-state index in [0.717, 1.165) is 24.1 Å². The number of ether oxygens (including phenoxy) is 1. The molecule has 0 bridgehead atoms. The number of hydrogen-bond acceptors (Lipinski definition) is 6. The first kappa shape index (κ1) is 23.9. The average Bonchev–Trinajstić information content (AvgIpc) is 3.23. The van der Waals surface area contributed by atoms with E-state index in [1.165, 1.54) is 10.7 Å². The Morgan fingerprint density at radius 2 is 2.09 bits per heavy atom. The van der Waals surface area contributed by atoms with Crippen molar-refractivity contribution >= 4 is 17.3 Å². The van der Waals surface area contributed by atoms with Gasteiger partial charge in [-0.2, -0.15) is 14.9 Å². The maximum atomic E-state index is 13.5. The topological polar surface area (TPSA) is 85.4 Å². The second-order valence-electron chi connectivity index (χ2n) is 8.77. The minimum Gasteiger partial charge on any atom is -0.390 e. The summed E-state index contributed by atoms with van der Waals surface area (Å²) >= 11 is 6.50. The van der Waals surface area contributed by atoms with Crippen LogP contribution in [0.3, 0.4) is 0 Å². The summed E-state index contributed by atoms with van der Waals surface area (Å²) in [6.45, 7) is 1.38. The van der Waals surface area contributed by atoms with E-state index in [1.807, 2.05) is 4.90 Å². The summed E-state index contributed by atoms with van der Waals surface area (Å²) < 4.78 is 35.6. The summed E-state index contributed by atoms with van der Waals surface area (Å²) in [4.78, 5) is 14.9. The van der Waals surface area contributed by atoms with Crippen LogP contribution in [0.1, 0.15) is 60.0 Å². The maximum Gasteiger partial charge on any atom is 0.290 e. The van der Waals surface area contributed by atoms with Gasteiger partial charge < -0.3 is 14.7 Å². The SMILES string of the molecule is O=c1c(Cl)c(N2CCc3c(c(CO)nn3Cc3ccccc3C(F)F)C2)cnn1C1CCCCO1. The molecule has 0 radical (unpaired) electrons. The van der Waals surface area contributed by atoms with E-state index >= 15 is 0 Å². The lowest BCUT2D eigenvalue weighted by atomic mass is 10.0. The third kappa shape index (κ3) is 4.57. The number of nitrogens with zero attached hydrogens (tertiary/aromatic N) is 5. The van der Waals surface area contributed by atoms with Crippen molar-refractivity contribution in [2.45, 2.75) is 58.0 Å². The zero-order chi connectivity index (χ0) is 24.5. The second kappa shape index (κ2) is 10.0. The Bertz CT molecular complexity index is 1270. The van der Waals surface area contributed by atoms with E-state index in [4.69, 9.17) is 16.3 Å². The Kier molecular flexibility index (Phi) is 6.86. The molecule has 0 saturated carbocycles. The standard InChI is InChI=1S/C24H26ClF2N5O3/c25-22-20(11-28-32(24(22)34)21-7-3-4-10-35-21)30-9-8-19-17(13-30)18(14-33)29-31(19)12-15-5-1-2-6-16(15)23(26)27/h1-2,5-6,11,21,23,33H,3-4,7-10,12-14H2. The molecule has 1 saturated heterocycles. The number of benzene rings is 1. The molecule has 2 aromatic heterocycles. The summed E-state index contributed by atoms with van der Waals surface area (Å²) in [6.07, 6.45) is 1.76. The molecule has 2 aliphatic heterocycles. The number of fused-ring (bicyclic) bond motifs is 1. The second-order valence-corrected chi connectivity index (χ2v) is 9.15. The van der Waals surface area contributed by atoms with Crippen molar-refractivity contribution in [2.75, 3.05) is 18.1 Å². The first-order chi connectivity index (χ1) is 17.0. The van der Waals surface area contributed by atoms with Gasteiger partial charge in [0.25, 0.3) is 12.0 Å². The van der Waals surface area contributed by atoms with Gasteiger partial charge in [0, 0.05) is 42.9 Å². The summed E-state index contributed by atoms with van der Waals surface area (Å²) in [6, 6.07) is 6.40. The molecule has 2 aliphatic rings. The highest BCUT2D eigenvalue weighted by Crippen LogP contribution is 2.31. The van der Waals surface area contributed by atoms with Gasteiger partial charge in [-0.3, -0.25) is 9.48 Å². The molecular formula is C24H26ClF2N5O3. The Morgan fingerprint density at radius 3 is 2.83 bits per heavy atom. The Morgan fingerprint density at radius 1 is 1.26 bits per heavy atom. The minimum absolute atomic E-state index is 0.0277.